The third kappa shape index (κ3) is 1.48. The quantitative estimate of drug-likeness (QED) is 0.493. The summed E-state index contributed by atoms with van der Waals surface area (Å²) in [6.07, 6.45) is 0.794. The first-order valence-electron chi connectivity index (χ1n) is 3.06. The van der Waals surface area contributed by atoms with E-state index in [2.05, 4.69) is 4.74 Å². The molecule has 0 bridgehead atoms. The van der Waals surface area contributed by atoms with Crippen LogP contribution in [-0.4, -0.2) is 17.0 Å². The van der Waals surface area contributed by atoms with Gasteiger partial charge in [-0.2, -0.15) is 0 Å². The van der Waals surface area contributed by atoms with Crippen molar-refractivity contribution < 1.29 is 19.4 Å². The summed E-state index contributed by atoms with van der Waals surface area (Å²) in [4.78, 5) is 20.9. The van der Waals surface area contributed by atoms with Gasteiger partial charge in [-0.15, -0.1) is 0 Å². The molecule has 1 rings (SSSR count). The first kappa shape index (κ1) is 8.80. The molecule has 1 aliphatic rings. The number of carbonyl (C=O) groups excluding carboxylic acids is 1. The van der Waals surface area contributed by atoms with E-state index < -0.39 is 11.9 Å². The molecule has 1 N–H and O–H groups in total. The van der Waals surface area contributed by atoms with Gasteiger partial charge in [0, 0.05) is 5.57 Å². The monoisotopic (exact) mass is 188 g/mol. The van der Waals surface area contributed by atoms with Gasteiger partial charge in [0.1, 0.15) is 10.8 Å². The molecule has 12 heavy (non-hydrogen) atoms. The molecule has 0 saturated heterocycles. The molecule has 0 aromatic carbocycles. The highest BCUT2D eigenvalue weighted by Gasteiger charge is 2.25. The van der Waals surface area contributed by atoms with Gasteiger partial charge < -0.3 is 9.84 Å². The van der Waals surface area contributed by atoms with Gasteiger partial charge in [-0.3, -0.25) is 0 Å². The molecule has 5 heteroatoms. The van der Waals surface area contributed by atoms with Crippen LogP contribution in [0, 0.1) is 0 Å². The fourth-order valence-corrected chi connectivity index (χ4v) is 0.864. The van der Waals surface area contributed by atoms with E-state index in [0.29, 0.717) is 5.57 Å². The summed E-state index contributed by atoms with van der Waals surface area (Å²) in [5.74, 6) is -1.89. The number of ether oxygens (including phenoxy) is 1. The number of aliphatic carboxylic acids is 1. The summed E-state index contributed by atoms with van der Waals surface area (Å²) in [7, 11) is 0. The zero-order valence-electron chi connectivity index (χ0n) is 6.13. The van der Waals surface area contributed by atoms with Crippen LogP contribution in [0.3, 0.4) is 0 Å². The standard InChI is InChI=1S/C7H5ClO4/c1-3-4(2-5(9)10)12-7(11)6(3)8/h2H,1H3,(H,9,10)/b4-2+. The Balaban J connectivity index is 3.02. The summed E-state index contributed by atoms with van der Waals surface area (Å²) in [6, 6.07) is 0. The highest BCUT2D eigenvalue weighted by atomic mass is 35.5. The maximum Gasteiger partial charge on any atom is 0.355 e. The fourth-order valence-electron chi connectivity index (χ4n) is 0.732. The van der Waals surface area contributed by atoms with Crippen LogP contribution in [-0.2, 0) is 14.3 Å². The van der Waals surface area contributed by atoms with Gasteiger partial charge in [0.2, 0.25) is 0 Å². The van der Waals surface area contributed by atoms with E-state index in [9.17, 15) is 9.59 Å². The molecular weight excluding hydrogens is 184 g/mol. The lowest BCUT2D eigenvalue weighted by Gasteiger charge is -1.94. The predicted molar refractivity (Wildman–Crippen MR) is 40.4 cm³/mol. The Kier molecular flexibility index (Phi) is 2.19. The minimum atomic E-state index is -1.18. The van der Waals surface area contributed by atoms with Crippen molar-refractivity contribution in [3.8, 4) is 0 Å². The zero-order valence-corrected chi connectivity index (χ0v) is 6.88. The topological polar surface area (TPSA) is 63.6 Å². The summed E-state index contributed by atoms with van der Waals surface area (Å²) < 4.78 is 4.53. The minimum absolute atomic E-state index is 0.00231. The number of carboxylic acids is 1. The molecule has 0 atom stereocenters. The first-order valence-corrected chi connectivity index (χ1v) is 3.43. The molecule has 0 unspecified atom stereocenters. The average molecular weight is 189 g/mol. The largest absolute Gasteiger partial charge is 0.478 e. The van der Waals surface area contributed by atoms with Crippen LogP contribution in [0.1, 0.15) is 6.92 Å². The van der Waals surface area contributed by atoms with E-state index >= 15 is 0 Å². The third-order valence-corrected chi connectivity index (χ3v) is 1.77. The highest BCUT2D eigenvalue weighted by Crippen LogP contribution is 2.27. The second kappa shape index (κ2) is 2.98. The van der Waals surface area contributed by atoms with Gasteiger partial charge >= 0.3 is 11.9 Å². The lowest BCUT2D eigenvalue weighted by atomic mass is 10.2. The number of esters is 1. The Morgan fingerprint density at radius 2 is 2.25 bits per heavy atom. The SMILES string of the molecule is CC1=C(Cl)C(=O)O/C1=C/C(=O)O. The number of hydrogen-bond acceptors (Lipinski definition) is 3. The lowest BCUT2D eigenvalue weighted by Crippen LogP contribution is -1.96. The Morgan fingerprint density at radius 1 is 1.67 bits per heavy atom. The fraction of sp³-hybridized carbons (Fsp3) is 0.143. The molecule has 0 amide bonds. The van der Waals surface area contributed by atoms with Crippen LogP contribution in [0.25, 0.3) is 0 Å². The zero-order chi connectivity index (χ0) is 9.30. The molecule has 0 radical (unpaired) electrons. The number of allylic oxidation sites excluding steroid dienone is 1. The van der Waals surface area contributed by atoms with E-state index in [1.54, 1.807) is 0 Å². The number of carbonyl (C=O) groups is 2. The normalized spacial score (nSPS) is 20.2. The summed E-state index contributed by atoms with van der Waals surface area (Å²) in [5, 5.41) is 8.26. The Hall–Kier alpha value is -1.29. The number of hydrogen-bond donors (Lipinski definition) is 1. The molecule has 1 heterocycles. The minimum Gasteiger partial charge on any atom is -0.478 e. The Morgan fingerprint density at radius 3 is 2.58 bits per heavy atom. The summed E-state index contributed by atoms with van der Waals surface area (Å²) >= 11 is 5.46. The van der Waals surface area contributed by atoms with Crippen molar-refractivity contribution in [3.05, 3.63) is 22.4 Å². The van der Waals surface area contributed by atoms with Crippen LogP contribution in [0.4, 0.5) is 0 Å². The number of halogens is 1. The van der Waals surface area contributed by atoms with E-state index in [1.165, 1.54) is 6.92 Å². The molecule has 0 aliphatic carbocycles. The van der Waals surface area contributed by atoms with Crippen LogP contribution in [0.5, 0.6) is 0 Å². The molecule has 0 fully saturated rings. The first-order chi connectivity index (χ1) is 5.52. The van der Waals surface area contributed by atoms with E-state index in [4.69, 9.17) is 16.7 Å². The van der Waals surface area contributed by atoms with E-state index in [1.807, 2.05) is 0 Å². The van der Waals surface area contributed by atoms with Crippen molar-refractivity contribution in [1.29, 1.82) is 0 Å². The summed E-state index contributed by atoms with van der Waals surface area (Å²) in [5.41, 5.74) is 0.351. The van der Waals surface area contributed by atoms with Crippen LogP contribution < -0.4 is 0 Å². The molecule has 0 saturated carbocycles. The number of rotatable bonds is 1. The van der Waals surface area contributed by atoms with Crippen molar-refractivity contribution in [2.45, 2.75) is 6.92 Å². The Bertz CT molecular complexity index is 313. The Labute approximate surface area is 73.1 Å². The predicted octanol–water partition coefficient (Wildman–Crippen LogP) is 1.02. The van der Waals surface area contributed by atoms with Crippen LogP contribution >= 0.6 is 11.6 Å². The van der Waals surface area contributed by atoms with Crippen molar-refractivity contribution in [2.24, 2.45) is 0 Å². The molecule has 0 aromatic rings. The second-order valence-electron chi connectivity index (χ2n) is 2.18. The molecule has 64 valence electrons. The highest BCUT2D eigenvalue weighted by molar-refractivity contribution is 6.42. The van der Waals surface area contributed by atoms with E-state index in [0.717, 1.165) is 6.08 Å². The molecule has 4 nitrogen and oxygen atoms in total. The maximum atomic E-state index is 10.7. The molecule has 0 spiro atoms. The summed E-state index contributed by atoms with van der Waals surface area (Å²) in [6.45, 7) is 1.52. The van der Waals surface area contributed by atoms with Crippen molar-refractivity contribution in [1.82, 2.24) is 0 Å². The lowest BCUT2D eigenvalue weighted by molar-refractivity contribution is -0.133. The van der Waals surface area contributed by atoms with Crippen LogP contribution in [0.15, 0.2) is 22.4 Å². The maximum absolute atomic E-state index is 10.7. The number of cyclic esters (lactones) is 1. The second-order valence-corrected chi connectivity index (χ2v) is 2.55. The number of carboxylic acid groups (broad SMARTS) is 1. The van der Waals surface area contributed by atoms with Crippen molar-refractivity contribution in [3.63, 3.8) is 0 Å². The average Bonchev–Trinajstić information content (AvgIpc) is 2.17. The van der Waals surface area contributed by atoms with Gasteiger partial charge in [-0.25, -0.2) is 9.59 Å². The van der Waals surface area contributed by atoms with Crippen molar-refractivity contribution >= 4 is 23.5 Å². The van der Waals surface area contributed by atoms with Crippen LogP contribution in [0.2, 0.25) is 0 Å². The van der Waals surface area contributed by atoms with Gasteiger partial charge in [0.05, 0.1) is 6.08 Å². The van der Waals surface area contributed by atoms with Gasteiger partial charge in [0.25, 0.3) is 0 Å². The smallest absolute Gasteiger partial charge is 0.355 e. The molecule has 1 aliphatic heterocycles. The van der Waals surface area contributed by atoms with Gasteiger partial charge in [-0.05, 0) is 6.92 Å². The van der Waals surface area contributed by atoms with Gasteiger partial charge in [0.15, 0.2) is 0 Å². The van der Waals surface area contributed by atoms with Crippen molar-refractivity contribution in [2.75, 3.05) is 0 Å². The van der Waals surface area contributed by atoms with E-state index in [-0.39, 0.29) is 10.8 Å². The molecule has 0 aromatic heterocycles. The van der Waals surface area contributed by atoms with Gasteiger partial charge in [-0.1, -0.05) is 11.6 Å². The molecular formula is C7H5ClO4. The third-order valence-electron chi connectivity index (χ3n) is 1.34.